The number of rotatable bonds is 14. The molecule has 0 amide bonds. The number of aliphatic hydroxyl groups excluding tert-OH is 1. The van der Waals surface area contributed by atoms with E-state index in [1.165, 1.54) is 56.9 Å². The summed E-state index contributed by atoms with van der Waals surface area (Å²) in [6.45, 7) is 0. The zero-order chi connectivity index (χ0) is 16.8. The molecule has 1 unspecified atom stereocenters. The average molecular weight is 320 g/mol. The molecule has 1 aromatic rings. The summed E-state index contributed by atoms with van der Waals surface area (Å²) >= 11 is 0. The number of hydrogen-bond donors (Lipinski definition) is 2. The van der Waals surface area contributed by atoms with Crippen molar-refractivity contribution in [3.63, 3.8) is 0 Å². The van der Waals surface area contributed by atoms with Crippen LogP contribution in [0.25, 0.3) is 0 Å². The summed E-state index contributed by atoms with van der Waals surface area (Å²) in [6, 6.07) is 10.7. The van der Waals surface area contributed by atoms with Crippen LogP contribution in [0.2, 0.25) is 0 Å². The third-order valence-corrected chi connectivity index (χ3v) is 4.32. The van der Waals surface area contributed by atoms with Crippen LogP contribution in [0.15, 0.2) is 30.3 Å². The van der Waals surface area contributed by atoms with E-state index in [1.54, 1.807) is 0 Å². The molecule has 0 aliphatic heterocycles. The highest BCUT2D eigenvalue weighted by molar-refractivity contribution is 5.71. The number of aliphatic hydroxyl groups is 1. The van der Waals surface area contributed by atoms with E-state index < -0.39 is 12.1 Å². The number of unbranched alkanes of at least 4 members (excludes halogenated alkanes) is 9. The molecule has 3 heteroatoms. The van der Waals surface area contributed by atoms with Crippen LogP contribution >= 0.6 is 0 Å². The van der Waals surface area contributed by atoms with E-state index in [4.69, 9.17) is 10.2 Å². The van der Waals surface area contributed by atoms with Crippen molar-refractivity contribution >= 4 is 5.97 Å². The summed E-state index contributed by atoms with van der Waals surface area (Å²) in [5.74, 6) is -1.10. The van der Waals surface area contributed by atoms with Crippen molar-refractivity contribution in [2.24, 2.45) is 0 Å². The van der Waals surface area contributed by atoms with Crippen molar-refractivity contribution in [3.05, 3.63) is 35.9 Å². The lowest BCUT2D eigenvalue weighted by Gasteiger charge is -2.05. The van der Waals surface area contributed by atoms with Gasteiger partial charge in [0, 0.05) is 0 Å². The Bertz CT molecular complexity index is 403. The van der Waals surface area contributed by atoms with Gasteiger partial charge in [0.2, 0.25) is 0 Å². The molecule has 2 N–H and O–H groups in total. The minimum atomic E-state index is -1.18. The van der Waals surface area contributed by atoms with Crippen LogP contribution in [0.3, 0.4) is 0 Å². The van der Waals surface area contributed by atoms with E-state index in [1.807, 2.05) is 0 Å². The molecular formula is C20H32O3. The molecular weight excluding hydrogens is 288 g/mol. The number of carbonyl (C=O) groups is 1. The highest BCUT2D eigenvalue weighted by Crippen LogP contribution is 2.13. The number of benzene rings is 1. The first kappa shape index (κ1) is 19.7. The topological polar surface area (TPSA) is 57.5 Å². The molecule has 0 bridgehead atoms. The van der Waals surface area contributed by atoms with Gasteiger partial charge >= 0.3 is 5.97 Å². The zero-order valence-electron chi connectivity index (χ0n) is 14.3. The standard InChI is InChI=1S/C20H32O3/c21-19(20(22)23)17-13-8-6-4-2-1-3-5-7-10-14-18-15-11-9-12-16-18/h9,11-12,15-16,19,21H,1-8,10,13-14,17H2,(H,22,23). The fourth-order valence-corrected chi connectivity index (χ4v) is 2.85. The Morgan fingerprint density at radius 2 is 1.26 bits per heavy atom. The van der Waals surface area contributed by atoms with Gasteiger partial charge in [0.25, 0.3) is 0 Å². The third-order valence-electron chi connectivity index (χ3n) is 4.32. The van der Waals surface area contributed by atoms with Gasteiger partial charge in [-0.1, -0.05) is 88.1 Å². The van der Waals surface area contributed by atoms with Crippen LogP contribution in [-0.4, -0.2) is 22.3 Å². The molecule has 0 saturated heterocycles. The first-order valence-corrected chi connectivity index (χ1v) is 9.15. The molecule has 0 aliphatic carbocycles. The van der Waals surface area contributed by atoms with Gasteiger partial charge in [0.1, 0.15) is 0 Å². The fourth-order valence-electron chi connectivity index (χ4n) is 2.85. The summed E-state index contributed by atoms with van der Waals surface area (Å²) in [5, 5.41) is 17.7. The minimum absolute atomic E-state index is 0.386. The van der Waals surface area contributed by atoms with Crippen LogP contribution in [-0.2, 0) is 11.2 Å². The highest BCUT2D eigenvalue weighted by atomic mass is 16.4. The van der Waals surface area contributed by atoms with Crippen molar-refractivity contribution in [2.45, 2.75) is 83.2 Å². The largest absolute Gasteiger partial charge is 0.479 e. The Labute approximate surface area is 140 Å². The van der Waals surface area contributed by atoms with E-state index in [2.05, 4.69) is 30.3 Å². The Morgan fingerprint density at radius 3 is 1.78 bits per heavy atom. The molecule has 0 heterocycles. The summed E-state index contributed by atoms with van der Waals surface area (Å²) in [6.07, 6.45) is 12.5. The fraction of sp³-hybridized carbons (Fsp3) is 0.650. The van der Waals surface area contributed by atoms with E-state index >= 15 is 0 Å². The van der Waals surface area contributed by atoms with E-state index in [0.29, 0.717) is 6.42 Å². The van der Waals surface area contributed by atoms with Gasteiger partial charge in [0.05, 0.1) is 0 Å². The first-order chi connectivity index (χ1) is 11.2. The predicted octanol–water partition coefficient (Wildman–Crippen LogP) is 4.97. The lowest BCUT2D eigenvalue weighted by Crippen LogP contribution is -2.18. The predicted molar refractivity (Wildman–Crippen MR) is 94.6 cm³/mol. The molecule has 0 aliphatic rings. The van der Waals surface area contributed by atoms with Crippen molar-refractivity contribution in [2.75, 3.05) is 0 Å². The van der Waals surface area contributed by atoms with Gasteiger partial charge in [-0.2, -0.15) is 0 Å². The molecule has 0 radical (unpaired) electrons. The average Bonchev–Trinajstić information content (AvgIpc) is 2.56. The van der Waals surface area contributed by atoms with Gasteiger partial charge in [0.15, 0.2) is 6.10 Å². The zero-order valence-corrected chi connectivity index (χ0v) is 14.3. The molecule has 23 heavy (non-hydrogen) atoms. The van der Waals surface area contributed by atoms with Gasteiger partial charge in [-0.05, 0) is 24.8 Å². The molecule has 0 spiro atoms. The maximum atomic E-state index is 10.4. The van der Waals surface area contributed by atoms with Crippen molar-refractivity contribution in [1.29, 1.82) is 0 Å². The first-order valence-electron chi connectivity index (χ1n) is 9.15. The van der Waals surface area contributed by atoms with Crippen LogP contribution < -0.4 is 0 Å². The second-order valence-corrected chi connectivity index (χ2v) is 6.41. The van der Waals surface area contributed by atoms with E-state index in [9.17, 15) is 4.79 Å². The molecule has 0 fully saturated rings. The van der Waals surface area contributed by atoms with Crippen molar-refractivity contribution < 1.29 is 15.0 Å². The molecule has 0 aromatic heterocycles. The normalized spacial score (nSPS) is 12.2. The third kappa shape index (κ3) is 10.9. The minimum Gasteiger partial charge on any atom is -0.479 e. The van der Waals surface area contributed by atoms with Gasteiger partial charge in [-0.3, -0.25) is 0 Å². The number of carboxylic acid groups (broad SMARTS) is 1. The summed E-state index contributed by atoms with van der Waals surface area (Å²) in [4.78, 5) is 10.4. The lowest BCUT2D eigenvalue weighted by molar-refractivity contribution is -0.146. The monoisotopic (exact) mass is 320 g/mol. The van der Waals surface area contributed by atoms with Crippen LogP contribution in [0, 0.1) is 0 Å². The smallest absolute Gasteiger partial charge is 0.332 e. The summed E-state index contributed by atoms with van der Waals surface area (Å²) in [5.41, 5.74) is 1.44. The second kappa shape index (κ2) is 13.1. The molecule has 1 atom stereocenters. The summed E-state index contributed by atoms with van der Waals surface area (Å²) in [7, 11) is 0. The molecule has 0 saturated carbocycles. The van der Waals surface area contributed by atoms with Gasteiger partial charge < -0.3 is 10.2 Å². The summed E-state index contributed by atoms with van der Waals surface area (Å²) < 4.78 is 0. The van der Waals surface area contributed by atoms with Crippen LogP contribution in [0.5, 0.6) is 0 Å². The maximum Gasteiger partial charge on any atom is 0.332 e. The molecule has 1 rings (SSSR count). The molecule has 1 aromatic carbocycles. The SMILES string of the molecule is O=C(O)C(O)CCCCCCCCCCCCc1ccccc1. The van der Waals surface area contributed by atoms with E-state index in [-0.39, 0.29) is 0 Å². The number of carboxylic acids is 1. The Morgan fingerprint density at radius 1 is 0.783 bits per heavy atom. The van der Waals surface area contributed by atoms with Crippen molar-refractivity contribution in [1.82, 2.24) is 0 Å². The maximum absolute atomic E-state index is 10.4. The van der Waals surface area contributed by atoms with Gasteiger partial charge in [-0.15, -0.1) is 0 Å². The number of hydrogen-bond acceptors (Lipinski definition) is 2. The Hall–Kier alpha value is -1.35. The van der Waals surface area contributed by atoms with Crippen LogP contribution in [0.4, 0.5) is 0 Å². The Balaban J connectivity index is 1.79. The molecule has 3 nitrogen and oxygen atoms in total. The lowest BCUT2D eigenvalue weighted by atomic mass is 10.0. The quantitative estimate of drug-likeness (QED) is 0.476. The molecule has 130 valence electrons. The second-order valence-electron chi connectivity index (χ2n) is 6.41. The number of aliphatic carboxylic acids is 1. The number of aryl methyl sites for hydroxylation is 1. The Kier molecular flexibility index (Phi) is 11.2. The van der Waals surface area contributed by atoms with Gasteiger partial charge in [-0.25, -0.2) is 4.79 Å². The van der Waals surface area contributed by atoms with E-state index in [0.717, 1.165) is 19.3 Å². The van der Waals surface area contributed by atoms with Crippen molar-refractivity contribution in [3.8, 4) is 0 Å². The van der Waals surface area contributed by atoms with Crippen LogP contribution in [0.1, 0.15) is 76.2 Å². The highest BCUT2D eigenvalue weighted by Gasteiger charge is 2.11.